The molecule has 2 amide bonds. The molecular formula is C6H4N4O3. The fraction of sp³-hybridized carbons (Fsp3) is 0.167. The molecule has 0 radical (unpaired) electrons. The van der Waals surface area contributed by atoms with E-state index in [1.54, 1.807) is 0 Å². The fourth-order valence-corrected chi connectivity index (χ4v) is 0.774. The van der Waals surface area contributed by atoms with Gasteiger partial charge in [-0.2, -0.15) is 0 Å². The van der Waals surface area contributed by atoms with Crippen molar-refractivity contribution in [2.75, 3.05) is 0 Å². The van der Waals surface area contributed by atoms with Gasteiger partial charge in [-0.1, -0.05) is 0 Å². The first kappa shape index (κ1) is 8.95. The van der Waals surface area contributed by atoms with E-state index < -0.39 is 23.5 Å². The lowest BCUT2D eigenvalue weighted by Crippen LogP contribution is -2.20. The van der Waals surface area contributed by atoms with Gasteiger partial charge in [0, 0.05) is 17.2 Å². The molecule has 0 aromatic rings. The van der Waals surface area contributed by atoms with Gasteiger partial charge >= 0.3 is 0 Å². The molecule has 0 saturated heterocycles. The Balaban J connectivity index is 2.90. The molecule has 1 atom stereocenters. The minimum Gasteiger partial charge on any atom is -0.511 e. The average Bonchev–Trinajstić information content (AvgIpc) is 2.04. The smallest absolute Gasteiger partial charge is 0.272 e. The summed E-state index contributed by atoms with van der Waals surface area (Å²) in [5.41, 5.74) is 7.93. The highest BCUT2D eigenvalue weighted by atomic mass is 16.3. The number of carbonyl (C=O) groups is 2. The van der Waals surface area contributed by atoms with E-state index in [0.717, 1.165) is 12.3 Å². The monoisotopic (exact) mass is 180 g/mol. The van der Waals surface area contributed by atoms with Crippen LogP contribution in [0.5, 0.6) is 0 Å². The third kappa shape index (κ3) is 1.91. The second-order valence-electron chi connectivity index (χ2n) is 2.19. The van der Waals surface area contributed by atoms with Gasteiger partial charge in [0.15, 0.2) is 0 Å². The zero-order valence-electron chi connectivity index (χ0n) is 6.28. The van der Waals surface area contributed by atoms with Crippen LogP contribution in [0.3, 0.4) is 0 Å². The van der Waals surface area contributed by atoms with E-state index in [1.165, 1.54) is 0 Å². The molecule has 0 bridgehead atoms. The van der Waals surface area contributed by atoms with E-state index in [9.17, 15) is 9.59 Å². The maximum Gasteiger partial charge on any atom is 0.272 e. The van der Waals surface area contributed by atoms with Crippen molar-refractivity contribution >= 4 is 18.0 Å². The van der Waals surface area contributed by atoms with Gasteiger partial charge in [0.05, 0.1) is 0 Å². The standard InChI is InChI=1S/C6H4N4O3/c7-10-9-6(13)3-2-8-5(12)1-4(3)11/h1-3,11H. The largest absolute Gasteiger partial charge is 0.511 e. The van der Waals surface area contributed by atoms with Gasteiger partial charge in [0.1, 0.15) is 11.7 Å². The maximum absolute atomic E-state index is 10.9. The molecule has 7 heteroatoms. The van der Waals surface area contributed by atoms with E-state index in [4.69, 9.17) is 10.6 Å². The van der Waals surface area contributed by atoms with E-state index in [1.807, 2.05) is 0 Å². The Morgan fingerprint density at radius 3 is 3.00 bits per heavy atom. The van der Waals surface area contributed by atoms with Gasteiger partial charge in [0.2, 0.25) is 5.91 Å². The van der Waals surface area contributed by atoms with Crippen LogP contribution in [0.4, 0.5) is 0 Å². The number of dihydropyridines is 1. The molecule has 1 unspecified atom stereocenters. The highest BCUT2D eigenvalue weighted by Gasteiger charge is 2.23. The lowest BCUT2D eigenvalue weighted by Gasteiger charge is -2.08. The molecule has 0 fully saturated rings. The Morgan fingerprint density at radius 1 is 1.77 bits per heavy atom. The van der Waals surface area contributed by atoms with Crippen molar-refractivity contribution in [2.45, 2.75) is 0 Å². The average molecular weight is 180 g/mol. The van der Waals surface area contributed by atoms with Crippen LogP contribution in [0.2, 0.25) is 0 Å². The lowest BCUT2D eigenvalue weighted by atomic mass is 10.1. The van der Waals surface area contributed by atoms with E-state index >= 15 is 0 Å². The molecule has 1 aliphatic heterocycles. The summed E-state index contributed by atoms with van der Waals surface area (Å²) in [5, 5.41) is 11.8. The quantitative estimate of drug-likeness (QED) is 0.359. The first-order chi connectivity index (χ1) is 6.15. The summed E-state index contributed by atoms with van der Waals surface area (Å²) in [6, 6.07) is 0. The molecule has 1 aliphatic rings. The zero-order chi connectivity index (χ0) is 9.84. The normalized spacial score (nSPS) is 20.5. The number of carbonyl (C=O) groups excluding carboxylic acids is 2. The Kier molecular flexibility index (Phi) is 2.41. The van der Waals surface area contributed by atoms with E-state index in [0.29, 0.717) is 0 Å². The molecule has 0 aromatic heterocycles. The maximum atomic E-state index is 10.9. The van der Waals surface area contributed by atoms with Crippen molar-refractivity contribution in [1.29, 1.82) is 0 Å². The summed E-state index contributed by atoms with van der Waals surface area (Å²) in [6.07, 6.45) is 1.74. The third-order valence-electron chi connectivity index (χ3n) is 1.35. The van der Waals surface area contributed by atoms with Crippen molar-refractivity contribution in [3.63, 3.8) is 0 Å². The molecule has 1 heterocycles. The summed E-state index contributed by atoms with van der Waals surface area (Å²) >= 11 is 0. The van der Waals surface area contributed by atoms with Crippen molar-refractivity contribution in [2.24, 2.45) is 16.0 Å². The molecule has 13 heavy (non-hydrogen) atoms. The number of rotatable bonds is 1. The van der Waals surface area contributed by atoms with Crippen LogP contribution >= 0.6 is 0 Å². The predicted octanol–water partition coefficient (Wildman–Crippen LogP) is 0.492. The minimum absolute atomic E-state index is 0.461. The first-order valence-electron chi connectivity index (χ1n) is 3.23. The summed E-state index contributed by atoms with van der Waals surface area (Å²) in [7, 11) is 0. The van der Waals surface area contributed by atoms with E-state index in [2.05, 4.69) is 15.0 Å². The van der Waals surface area contributed by atoms with Gasteiger partial charge in [0.25, 0.3) is 5.91 Å². The van der Waals surface area contributed by atoms with Crippen LogP contribution in [-0.4, -0.2) is 23.1 Å². The van der Waals surface area contributed by atoms with E-state index in [-0.39, 0.29) is 0 Å². The highest BCUT2D eigenvalue weighted by Crippen LogP contribution is 2.12. The lowest BCUT2D eigenvalue weighted by molar-refractivity contribution is -0.119. The number of nitrogens with zero attached hydrogens (tertiary/aromatic N) is 4. The topological polar surface area (TPSA) is 115 Å². The number of azide groups is 1. The van der Waals surface area contributed by atoms with Crippen LogP contribution in [0.15, 0.2) is 21.9 Å². The van der Waals surface area contributed by atoms with Crippen LogP contribution in [0, 0.1) is 5.92 Å². The third-order valence-corrected chi connectivity index (χ3v) is 1.35. The van der Waals surface area contributed by atoms with Crippen LogP contribution in [0.1, 0.15) is 0 Å². The minimum atomic E-state index is -1.13. The number of hydrogen-bond donors (Lipinski definition) is 1. The Morgan fingerprint density at radius 2 is 2.46 bits per heavy atom. The number of hydrogen-bond acceptors (Lipinski definition) is 3. The van der Waals surface area contributed by atoms with Crippen molar-refractivity contribution in [3.8, 4) is 0 Å². The molecule has 7 nitrogen and oxygen atoms in total. The van der Waals surface area contributed by atoms with Gasteiger partial charge in [-0.15, -0.1) is 0 Å². The van der Waals surface area contributed by atoms with Crippen molar-refractivity contribution < 1.29 is 14.7 Å². The molecular weight excluding hydrogens is 176 g/mol. The molecule has 0 spiro atoms. The van der Waals surface area contributed by atoms with Crippen LogP contribution in [0.25, 0.3) is 10.4 Å². The summed E-state index contributed by atoms with van der Waals surface area (Å²) in [4.78, 5) is 27.0. The van der Waals surface area contributed by atoms with Crippen molar-refractivity contribution in [1.82, 2.24) is 0 Å². The molecule has 1 N–H and O–H groups in total. The number of aliphatic hydroxyl groups is 1. The number of amides is 2. The van der Waals surface area contributed by atoms with Crippen LogP contribution < -0.4 is 0 Å². The predicted molar refractivity (Wildman–Crippen MR) is 41.9 cm³/mol. The zero-order valence-corrected chi connectivity index (χ0v) is 6.28. The second-order valence-corrected chi connectivity index (χ2v) is 2.19. The van der Waals surface area contributed by atoms with Gasteiger partial charge in [-0.3, -0.25) is 9.59 Å². The van der Waals surface area contributed by atoms with Gasteiger partial charge in [-0.25, -0.2) is 4.99 Å². The van der Waals surface area contributed by atoms with Crippen LogP contribution in [-0.2, 0) is 9.59 Å². The SMILES string of the molecule is [N-]=[N+]=NC(=O)C1C=NC(=O)C=C1O. The molecule has 0 aliphatic carbocycles. The number of aliphatic hydroxyl groups excluding tert-OH is 1. The highest BCUT2D eigenvalue weighted by molar-refractivity contribution is 6.06. The Labute approximate surface area is 72.0 Å². The Bertz CT molecular complexity index is 362. The Hall–Kier alpha value is -2.14. The number of aliphatic imine (C=N–C) groups is 1. The van der Waals surface area contributed by atoms with Gasteiger partial charge in [-0.05, 0) is 10.6 Å². The second kappa shape index (κ2) is 3.51. The fourth-order valence-electron chi connectivity index (χ4n) is 0.774. The summed E-state index contributed by atoms with van der Waals surface area (Å²) in [5.74, 6) is -3.14. The summed E-state index contributed by atoms with van der Waals surface area (Å²) in [6.45, 7) is 0. The molecule has 1 rings (SSSR count). The first-order valence-corrected chi connectivity index (χ1v) is 3.23. The molecule has 66 valence electrons. The molecule has 0 aromatic carbocycles. The van der Waals surface area contributed by atoms with Gasteiger partial charge < -0.3 is 5.11 Å². The van der Waals surface area contributed by atoms with Crippen molar-refractivity contribution in [3.05, 3.63) is 22.3 Å². The molecule has 0 saturated carbocycles. The summed E-state index contributed by atoms with van der Waals surface area (Å²) < 4.78 is 0.